The van der Waals surface area contributed by atoms with Gasteiger partial charge in [0.15, 0.2) is 5.78 Å². The molecule has 0 atom stereocenters. The minimum atomic E-state index is -1.25. The van der Waals surface area contributed by atoms with Crippen molar-refractivity contribution in [1.29, 1.82) is 0 Å². The fourth-order valence-corrected chi connectivity index (χ4v) is 1.92. The van der Waals surface area contributed by atoms with Crippen LogP contribution < -0.4 is 0 Å². The van der Waals surface area contributed by atoms with E-state index in [2.05, 4.69) is 0 Å². The number of rotatable bonds is 4. The van der Waals surface area contributed by atoms with Crippen molar-refractivity contribution in [3.05, 3.63) is 59.7 Å². The summed E-state index contributed by atoms with van der Waals surface area (Å²) in [6.07, 6.45) is -0.672. The van der Waals surface area contributed by atoms with Crippen molar-refractivity contribution >= 4 is 11.8 Å². The molecule has 0 amide bonds. The summed E-state index contributed by atoms with van der Waals surface area (Å²) >= 11 is 0. The Morgan fingerprint density at radius 3 is 2.20 bits per heavy atom. The SMILES string of the molecule is O=C(O)CC(=O)c1ccccc1-c1cc(F)cc(F)c1. The highest BCUT2D eigenvalue weighted by Gasteiger charge is 2.16. The molecule has 0 radical (unpaired) electrons. The maximum absolute atomic E-state index is 13.2. The molecule has 0 heterocycles. The van der Waals surface area contributed by atoms with Gasteiger partial charge in [-0.15, -0.1) is 0 Å². The first-order valence-corrected chi connectivity index (χ1v) is 5.78. The first-order valence-electron chi connectivity index (χ1n) is 5.78. The molecule has 0 aliphatic carbocycles. The van der Waals surface area contributed by atoms with Crippen molar-refractivity contribution in [2.24, 2.45) is 0 Å². The first-order chi connectivity index (χ1) is 9.47. The smallest absolute Gasteiger partial charge is 0.311 e. The Morgan fingerprint density at radius 2 is 1.60 bits per heavy atom. The molecule has 1 N–H and O–H groups in total. The van der Waals surface area contributed by atoms with Gasteiger partial charge in [-0.05, 0) is 23.3 Å². The predicted octanol–water partition coefficient (Wildman–Crippen LogP) is 3.29. The first kappa shape index (κ1) is 13.9. The molecule has 2 aromatic rings. The average Bonchev–Trinajstić information content (AvgIpc) is 2.36. The number of hydrogen-bond donors (Lipinski definition) is 1. The third-order valence-corrected chi connectivity index (χ3v) is 2.71. The minimum Gasteiger partial charge on any atom is -0.481 e. The van der Waals surface area contributed by atoms with Crippen LogP contribution in [0.5, 0.6) is 0 Å². The zero-order chi connectivity index (χ0) is 14.7. The lowest BCUT2D eigenvalue weighted by Crippen LogP contribution is -2.08. The number of carbonyl (C=O) groups is 2. The molecule has 5 heteroatoms. The molecule has 3 nitrogen and oxygen atoms in total. The van der Waals surface area contributed by atoms with Crippen molar-refractivity contribution in [3.63, 3.8) is 0 Å². The molecule has 0 bridgehead atoms. The Labute approximate surface area is 113 Å². The lowest BCUT2D eigenvalue weighted by molar-refractivity contribution is -0.135. The second kappa shape index (κ2) is 5.61. The molecular weight excluding hydrogens is 266 g/mol. The van der Waals surface area contributed by atoms with Crippen LogP contribution in [0.4, 0.5) is 8.78 Å². The maximum atomic E-state index is 13.2. The zero-order valence-corrected chi connectivity index (χ0v) is 10.3. The van der Waals surface area contributed by atoms with E-state index in [1.807, 2.05) is 0 Å². The lowest BCUT2D eigenvalue weighted by Gasteiger charge is -2.08. The Bertz CT molecular complexity index is 660. The van der Waals surface area contributed by atoms with Gasteiger partial charge in [-0.1, -0.05) is 24.3 Å². The van der Waals surface area contributed by atoms with Gasteiger partial charge < -0.3 is 5.11 Å². The molecule has 102 valence electrons. The van der Waals surface area contributed by atoms with Gasteiger partial charge in [0.1, 0.15) is 18.1 Å². The fourth-order valence-electron chi connectivity index (χ4n) is 1.92. The van der Waals surface area contributed by atoms with E-state index in [9.17, 15) is 18.4 Å². The van der Waals surface area contributed by atoms with Crippen molar-refractivity contribution < 1.29 is 23.5 Å². The van der Waals surface area contributed by atoms with Crippen LogP contribution in [-0.2, 0) is 4.79 Å². The van der Waals surface area contributed by atoms with Gasteiger partial charge in [-0.2, -0.15) is 0 Å². The Balaban J connectivity index is 2.52. The van der Waals surface area contributed by atoms with Gasteiger partial charge in [0.2, 0.25) is 0 Å². The molecule has 0 fully saturated rings. The molecule has 0 aromatic heterocycles. The zero-order valence-electron chi connectivity index (χ0n) is 10.3. The monoisotopic (exact) mass is 276 g/mol. The summed E-state index contributed by atoms with van der Waals surface area (Å²) in [5.74, 6) is -3.39. The normalized spacial score (nSPS) is 10.3. The highest BCUT2D eigenvalue weighted by Crippen LogP contribution is 2.26. The van der Waals surface area contributed by atoms with E-state index in [-0.39, 0.29) is 11.1 Å². The number of ketones is 1. The highest BCUT2D eigenvalue weighted by atomic mass is 19.1. The lowest BCUT2D eigenvalue weighted by atomic mass is 9.96. The highest BCUT2D eigenvalue weighted by molar-refractivity contribution is 6.09. The van der Waals surface area contributed by atoms with E-state index in [4.69, 9.17) is 5.11 Å². The van der Waals surface area contributed by atoms with Crippen molar-refractivity contribution in [1.82, 2.24) is 0 Å². The summed E-state index contributed by atoms with van der Waals surface area (Å²) in [5, 5.41) is 8.65. The number of halogens is 2. The van der Waals surface area contributed by atoms with Crippen LogP contribution in [0.15, 0.2) is 42.5 Å². The van der Waals surface area contributed by atoms with Gasteiger partial charge in [0.25, 0.3) is 0 Å². The average molecular weight is 276 g/mol. The minimum absolute atomic E-state index is 0.125. The largest absolute Gasteiger partial charge is 0.481 e. The van der Waals surface area contributed by atoms with Gasteiger partial charge in [0, 0.05) is 11.6 Å². The van der Waals surface area contributed by atoms with Gasteiger partial charge in [-0.3, -0.25) is 9.59 Å². The van der Waals surface area contributed by atoms with Crippen LogP contribution in [0.25, 0.3) is 11.1 Å². The van der Waals surface area contributed by atoms with E-state index in [0.29, 0.717) is 5.56 Å². The summed E-state index contributed by atoms with van der Waals surface area (Å²) in [6.45, 7) is 0. The Hall–Kier alpha value is -2.56. The van der Waals surface area contributed by atoms with Crippen molar-refractivity contribution in [3.8, 4) is 11.1 Å². The van der Waals surface area contributed by atoms with Crippen LogP contribution in [0.3, 0.4) is 0 Å². The number of benzene rings is 2. The summed E-state index contributed by atoms with van der Waals surface area (Å²) in [5.41, 5.74) is 0.619. The number of Topliss-reactive ketones (excluding diaryl/α,β-unsaturated/α-hetero) is 1. The molecule has 0 saturated carbocycles. The standard InChI is InChI=1S/C15H10F2O3/c16-10-5-9(6-11(17)7-10)12-3-1-2-4-13(12)14(18)8-15(19)20/h1-7H,8H2,(H,19,20). The molecule has 2 rings (SSSR count). The van der Waals surface area contributed by atoms with Crippen LogP contribution in [0.2, 0.25) is 0 Å². The van der Waals surface area contributed by atoms with Crippen molar-refractivity contribution in [2.45, 2.75) is 6.42 Å². The van der Waals surface area contributed by atoms with Crippen LogP contribution in [0, 0.1) is 11.6 Å². The topological polar surface area (TPSA) is 54.4 Å². The Kier molecular flexibility index (Phi) is 3.89. The molecule has 0 unspecified atom stereocenters. The van der Waals surface area contributed by atoms with Crippen molar-refractivity contribution in [2.75, 3.05) is 0 Å². The van der Waals surface area contributed by atoms with Crippen LogP contribution >= 0.6 is 0 Å². The van der Waals surface area contributed by atoms with E-state index < -0.39 is 29.8 Å². The second-order valence-electron chi connectivity index (χ2n) is 4.20. The Morgan fingerprint density at radius 1 is 1.00 bits per heavy atom. The number of carboxylic acid groups (broad SMARTS) is 1. The molecule has 0 spiro atoms. The maximum Gasteiger partial charge on any atom is 0.311 e. The van der Waals surface area contributed by atoms with Crippen LogP contribution in [0.1, 0.15) is 16.8 Å². The molecule has 0 aliphatic heterocycles. The molecule has 20 heavy (non-hydrogen) atoms. The number of hydrogen-bond acceptors (Lipinski definition) is 2. The second-order valence-corrected chi connectivity index (χ2v) is 4.20. The molecule has 2 aromatic carbocycles. The quantitative estimate of drug-likeness (QED) is 0.688. The number of carboxylic acids is 1. The summed E-state index contributed by atoms with van der Waals surface area (Å²) in [6, 6.07) is 9.04. The third kappa shape index (κ3) is 3.06. The van der Waals surface area contributed by atoms with E-state index in [0.717, 1.165) is 18.2 Å². The molecule has 0 saturated heterocycles. The number of aliphatic carboxylic acids is 1. The van der Waals surface area contributed by atoms with Gasteiger partial charge in [-0.25, -0.2) is 8.78 Å². The molecular formula is C15H10F2O3. The van der Waals surface area contributed by atoms with E-state index >= 15 is 0 Å². The van der Waals surface area contributed by atoms with Gasteiger partial charge in [0.05, 0.1) is 0 Å². The number of carbonyl (C=O) groups excluding carboxylic acids is 1. The fraction of sp³-hybridized carbons (Fsp3) is 0.0667. The summed E-state index contributed by atoms with van der Waals surface area (Å²) < 4.78 is 26.5. The third-order valence-electron chi connectivity index (χ3n) is 2.71. The molecule has 0 aliphatic rings. The van der Waals surface area contributed by atoms with E-state index in [1.54, 1.807) is 12.1 Å². The van der Waals surface area contributed by atoms with E-state index in [1.165, 1.54) is 12.1 Å². The summed E-state index contributed by atoms with van der Waals surface area (Å²) in [7, 11) is 0. The summed E-state index contributed by atoms with van der Waals surface area (Å²) in [4.78, 5) is 22.4. The van der Waals surface area contributed by atoms with Gasteiger partial charge >= 0.3 is 5.97 Å². The predicted molar refractivity (Wildman–Crippen MR) is 68.4 cm³/mol. The van der Waals surface area contributed by atoms with Crippen LogP contribution in [-0.4, -0.2) is 16.9 Å².